The molecule has 0 heterocycles. The van der Waals surface area contributed by atoms with Gasteiger partial charge in [-0.15, -0.1) is 0 Å². The maximum atomic E-state index is 12.1. The van der Waals surface area contributed by atoms with Gasteiger partial charge in [0.1, 0.15) is 5.75 Å². The molecule has 4 heteroatoms. The summed E-state index contributed by atoms with van der Waals surface area (Å²) in [6, 6.07) is 7.54. The van der Waals surface area contributed by atoms with E-state index in [0.29, 0.717) is 0 Å². The van der Waals surface area contributed by atoms with Gasteiger partial charge in [-0.2, -0.15) is 0 Å². The summed E-state index contributed by atoms with van der Waals surface area (Å²) in [5.41, 5.74) is 6.70. The molecule has 0 bridgehead atoms. The monoisotopic (exact) mass is 248 g/mol. The van der Waals surface area contributed by atoms with Gasteiger partial charge in [-0.25, -0.2) is 0 Å². The van der Waals surface area contributed by atoms with Crippen LogP contribution in [0.3, 0.4) is 0 Å². The number of hydrogen-bond acceptors (Lipinski definition) is 3. The first kappa shape index (κ1) is 12.9. The lowest BCUT2D eigenvalue weighted by atomic mass is 9.85. The number of carbonyl (C=O) groups is 1. The fourth-order valence-electron chi connectivity index (χ4n) is 2.38. The average Bonchev–Trinajstić information content (AvgIpc) is 2.39. The number of methoxy groups -OCH3 is 1. The van der Waals surface area contributed by atoms with E-state index in [0.717, 1.165) is 37.1 Å². The Labute approximate surface area is 108 Å². The lowest BCUT2D eigenvalue weighted by Gasteiger charge is -2.25. The third-order valence-electron chi connectivity index (χ3n) is 3.44. The summed E-state index contributed by atoms with van der Waals surface area (Å²) in [5.74, 6) is 0.916. The molecule has 1 aromatic rings. The van der Waals surface area contributed by atoms with Gasteiger partial charge >= 0.3 is 0 Å². The van der Waals surface area contributed by atoms with Gasteiger partial charge < -0.3 is 15.8 Å². The molecule has 2 unspecified atom stereocenters. The second kappa shape index (κ2) is 5.87. The van der Waals surface area contributed by atoms with Crippen LogP contribution in [0.2, 0.25) is 0 Å². The SMILES string of the molecule is COc1ccc(NC(=O)C2CCCC(N)C2)cc1. The Morgan fingerprint density at radius 1 is 1.33 bits per heavy atom. The normalized spacial score (nSPS) is 23.4. The average molecular weight is 248 g/mol. The van der Waals surface area contributed by atoms with Crippen LogP contribution in [0.15, 0.2) is 24.3 Å². The molecule has 1 fully saturated rings. The summed E-state index contributed by atoms with van der Waals surface area (Å²) >= 11 is 0. The van der Waals surface area contributed by atoms with E-state index in [-0.39, 0.29) is 17.9 Å². The minimum absolute atomic E-state index is 0.0517. The smallest absolute Gasteiger partial charge is 0.227 e. The van der Waals surface area contributed by atoms with E-state index in [4.69, 9.17) is 10.5 Å². The van der Waals surface area contributed by atoms with E-state index in [9.17, 15) is 4.79 Å². The highest BCUT2D eigenvalue weighted by Gasteiger charge is 2.25. The van der Waals surface area contributed by atoms with Crippen molar-refractivity contribution in [3.63, 3.8) is 0 Å². The topological polar surface area (TPSA) is 64.3 Å². The van der Waals surface area contributed by atoms with Crippen molar-refractivity contribution in [3.05, 3.63) is 24.3 Å². The number of benzene rings is 1. The van der Waals surface area contributed by atoms with Crippen molar-refractivity contribution in [1.29, 1.82) is 0 Å². The summed E-state index contributed by atoms with van der Waals surface area (Å²) in [6.45, 7) is 0. The molecule has 2 rings (SSSR count). The molecule has 1 saturated carbocycles. The molecule has 18 heavy (non-hydrogen) atoms. The third-order valence-corrected chi connectivity index (χ3v) is 3.44. The zero-order chi connectivity index (χ0) is 13.0. The summed E-state index contributed by atoms with van der Waals surface area (Å²) in [6.07, 6.45) is 3.81. The van der Waals surface area contributed by atoms with Crippen molar-refractivity contribution in [2.24, 2.45) is 11.7 Å². The Kier molecular flexibility index (Phi) is 4.20. The lowest BCUT2D eigenvalue weighted by Crippen LogP contribution is -2.34. The highest BCUT2D eigenvalue weighted by atomic mass is 16.5. The molecular weight excluding hydrogens is 228 g/mol. The number of carbonyl (C=O) groups excluding carboxylic acids is 1. The molecule has 0 aromatic heterocycles. The predicted octanol–water partition coefficient (Wildman–Crippen LogP) is 2.15. The molecule has 1 aliphatic carbocycles. The van der Waals surface area contributed by atoms with Crippen LogP contribution < -0.4 is 15.8 Å². The first-order chi connectivity index (χ1) is 8.69. The lowest BCUT2D eigenvalue weighted by molar-refractivity contribution is -0.120. The fourth-order valence-corrected chi connectivity index (χ4v) is 2.38. The zero-order valence-electron chi connectivity index (χ0n) is 10.7. The van der Waals surface area contributed by atoms with Crippen LogP contribution in [-0.4, -0.2) is 19.1 Å². The minimum Gasteiger partial charge on any atom is -0.497 e. The molecular formula is C14H20N2O2. The molecule has 1 aromatic carbocycles. The summed E-state index contributed by atoms with van der Waals surface area (Å²) in [4.78, 5) is 12.1. The van der Waals surface area contributed by atoms with Crippen LogP contribution in [0.5, 0.6) is 5.75 Å². The van der Waals surface area contributed by atoms with Crippen molar-refractivity contribution in [2.75, 3.05) is 12.4 Å². The Morgan fingerprint density at radius 3 is 2.67 bits per heavy atom. The van der Waals surface area contributed by atoms with Crippen LogP contribution in [0.1, 0.15) is 25.7 Å². The van der Waals surface area contributed by atoms with Crippen molar-refractivity contribution < 1.29 is 9.53 Å². The minimum atomic E-state index is 0.0517. The summed E-state index contributed by atoms with van der Waals surface area (Å²) in [5, 5.41) is 2.93. The maximum Gasteiger partial charge on any atom is 0.227 e. The van der Waals surface area contributed by atoms with E-state index in [1.165, 1.54) is 0 Å². The van der Waals surface area contributed by atoms with Gasteiger partial charge in [0.25, 0.3) is 0 Å². The molecule has 98 valence electrons. The van der Waals surface area contributed by atoms with Crippen molar-refractivity contribution in [2.45, 2.75) is 31.7 Å². The van der Waals surface area contributed by atoms with Crippen LogP contribution in [-0.2, 0) is 4.79 Å². The number of anilines is 1. The van der Waals surface area contributed by atoms with E-state index in [1.807, 2.05) is 24.3 Å². The number of rotatable bonds is 3. The molecule has 0 saturated heterocycles. The van der Waals surface area contributed by atoms with Gasteiger partial charge in [-0.05, 0) is 43.5 Å². The second-order valence-electron chi connectivity index (χ2n) is 4.84. The van der Waals surface area contributed by atoms with Gasteiger partial charge in [0, 0.05) is 17.6 Å². The molecule has 0 radical (unpaired) electrons. The molecule has 4 nitrogen and oxygen atoms in total. The van der Waals surface area contributed by atoms with Crippen molar-refractivity contribution in [3.8, 4) is 5.75 Å². The Morgan fingerprint density at radius 2 is 2.06 bits per heavy atom. The Hall–Kier alpha value is -1.55. The summed E-state index contributed by atoms with van der Waals surface area (Å²) in [7, 11) is 1.62. The predicted molar refractivity (Wildman–Crippen MR) is 71.6 cm³/mol. The highest BCUT2D eigenvalue weighted by Crippen LogP contribution is 2.25. The molecule has 0 aliphatic heterocycles. The van der Waals surface area contributed by atoms with Crippen molar-refractivity contribution >= 4 is 11.6 Å². The summed E-state index contributed by atoms with van der Waals surface area (Å²) < 4.78 is 5.08. The van der Waals surface area contributed by atoms with Crippen LogP contribution in [0.25, 0.3) is 0 Å². The Balaban J connectivity index is 1.93. The number of amides is 1. The van der Waals surface area contributed by atoms with Gasteiger partial charge in [-0.3, -0.25) is 4.79 Å². The standard InChI is InChI=1S/C14H20N2O2/c1-18-13-7-5-12(6-8-13)16-14(17)10-3-2-4-11(15)9-10/h5-8,10-11H,2-4,9,15H2,1H3,(H,16,17). The van der Waals surface area contributed by atoms with E-state index in [2.05, 4.69) is 5.32 Å². The molecule has 1 amide bonds. The van der Waals surface area contributed by atoms with Crippen LogP contribution in [0.4, 0.5) is 5.69 Å². The quantitative estimate of drug-likeness (QED) is 0.861. The van der Waals surface area contributed by atoms with Crippen LogP contribution >= 0.6 is 0 Å². The molecule has 1 aliphatic rings. The van der Waals surface area contributed by atoms with E-state index >= 15 is 0 Å². The van der Waals surface area contributed by atoms with Gasteiger partial charge in [0.05, 0.1) is 7.11 Å². The van der Waals surface area contributed by atoms with E-state index < -0.39 is 0 Å². The van der Waals surface area contributed by atoms with E-state index in [1.54, 1.807) is 7.11 Å². The van der Waals surface area contributed by atoms with Gasteiger partial charge in [0.15, 0.2) is 0 Å². The number of nitrogens with one attached hydrogen (secondary N) is 1. The van der Waals surface area contributed by atoms with Crippen molar-refractivity contribution in [1.82, 2.24) is 0 Å². The second-order valence-corrected chi connectivity index (χ2v) is 4.84. The third kappa shape index (κ3) is 3.23. The van der Waals surface area contributed by atoms with Gasteiger partial charge in [0.2, 0.25) is 5.91 Å². The Bertz CT molecular complexity index is 403. The molecule has 3 N–H and O–H groups in total. The van der Waals surface area contributed by atoms with Crippen LogP contribution in [0, 0.1) is 5.92 Å². The number of ether oxygens (including phenoxy) is 1. The van der Waals surface area contributed by atoms with Gasteiger partial charge in [-0.1, -0.05) is 6.42 Å². The largest absolute Gasteiger partial charge is 0.497 e. The highest BCUT2D eigenvalue weighted by molar-refractivity contribution is 5.92. The number of nitrogens with two attached hydrogens (primary N) is 1. The molecule has 0 spiro atoms. The zero-order valence-corrected chi connectivity index (χ0v) is 10.7. The molecule has 2 atom stereocenters. The first-order valence-corrected chi connectivity index (χ1v) is 6.39. The number of hydrogen-bond donors (Lipinski definition) is 2. The first-order valence-electron chi connectivity index (χ1n) is 6.39. The maximum absolute atomic E-state index is 12.1. The fraction of sp³-hybridized carbons (Fsp3) is 0.500.